The molecule has 0 saturated carbocycles. The quantitative estimate of drug-likeness (QED) is 0.730. The predicted octanol–water partition coefficient (Wildman–Crippen LogP) is 0.705. The van der Waals surface area contributed by atoms with Crippen LogP contribution >= 0.6 is 0 Å². The van der Waals surface area contributed by atoms with E-state index in [0.717, 1.165) is 19.5 Å². The highest BCUT2D eigenvalue weighted by Gasteiger charge is 2.35. The van der Waals surface area contributed by atoms with Crippen LogP contribution in [0.1, 0.15) is 20.3 Å². The van der Waals surface area contributed by atoms with Gasteiger partial charge in [-0.15, -0.1) is 0 Å². The summed E-state index contributed by atoms with van der Waals surface area (Å²) < 4.78 is 10.9. The number of nitrogens with two attached hydrogens (primary N) is 1. The lowest BCUT2D eigenvalue weighted by molar-refractivity contribution is -0.00461. The second-order valence-electron chi connectivity index (χ2n) is 5.02. The van der Waals surface area contributed by atoms with Crippen molar-refractivity contribution < 1.29 is 9.47 Å². The van der Waals surface area contributed by atoms with Crippen LogP contribution in [0.5, 0.6) is 0 Å². The first-order valence-corrected chi connectivity index (χ1v) is 6.12. The first-order valence-electron chi connectivity index (χ1n) is 6.12. The van der Waals surface area contributed by atoms with Gasteiger partial charge in [-0.2, -0.15) is 0 Å². The number of hydrogen-bond donors (Lipinski definition) is 1. The van der Waals surface area contributed by atoms with Gasteiger partial charge in [-0.3, -0.25) is 4.90 Å². The maximum Gasteiger partial charge on any atom is 0.0971 e. The van der Waals surface area contributed by atoms with Gasteiger partial charge < -0.3 is 15.2 Å². The third kappa shape index (κ3) is 3.42. The summed E-state index contributed by atoms with van der Waals surface area (Å²) in [6.07, 6.45) is 1.51. The highest BCUT2D eigenvalue weighted by molar-refractivity contribution is 4.90. The van der Waals surface area contributed by atoms with Crippen molar-refractivity contribution in [1.29, 1.82) is 0 Å². The molecule has 0 aromatic heterocycles. The molecule has 0 spiro atoms. The first-order chi connectivity index (χ1) is 7.62. The highest BCUT2D eigenvalue weighted by Crippen LogP contribution is 2.21. The number of likely N-dealkylation sites (tertiary alicyclic amines) is 1. The minimum Gasteiger partial charge on any atom is -0.377 e. The van der Waals surface area contributed by atoms with Gasteiger partial charge in [0.25, 0.3) is 0 Å². The fourth-order valence-corrected chi connectivity index (χ4v) is 2.46. The number of rotatable bonds is 6. The monoisotopic (exact) mass is 230 g/mol. The highest BCUT2D eigenvalue weighted by atomic mass is 16.5. The Morgan fingerprint density at radius 2 is 1.69 bits per heavy atom. The molecule has 1 aliphatic rings. The summed E-state index contributed by atoms with van der Waals surface area (Å²) in [5.74, 6) is 0.677. The molecule has 1 rings (SSSR count). The van der Waals surface area contributed by atoms with Crippen molar-refractivity contribution >= 4 is 0 Å². The molecule has 0 amide bonds. The number of methoxy groups -OCH3 is 2. The average Bonchev–Trinajstić information content (AvgIpc) is 2.68. The van der Waals surface area contributed by atoms with Crippen molar-refractivity contribution in [3.63, 3.8) is 0 Å². The summed E-state index contributed by atoms with van der Waals surface area (Å²) in [5.41, 5.74) is 5.85. The summed E-state index contributed by atoms with van der Waals surface area (Å²) in [7, 11) is 3.50. The maximum absolute atomic E-state index is 5.85. The van der Waals surface area contributed by atoms with Gasteiger partial charge in [-0.25, -0.2) is 0 Å². The van der Waals surface area contributed by atoms with Crippen LogP contribution in [0, 0.1) is 5.92 Å². The lowest BCUT2D eigenvalue weighted by Gasteiger charge is -2.27. The van der Waals surface area contributed by atoms with Crippen molar-refractivity contribution in [2.45, 2.75) is 38.5 Å². The van der Waals surface area contributed by atoms with E-state index in [-0.39, 0.29) is 12.2 Å². The predicted molar refractivity (Wildman–Crippen MR) is 65.5 cm³/mol. The standard InChI is InChI=1S/C12H26N2O2/c1-9(2)5-10(6-13)14-7-11(15-3)12(8-14)16-4/h9-12H,5-8,13H2,1-4H3. The Kier molecular flexibility index (Phi) is 5.69. The molecule has 4 heteroatoms. The Labute approximate surface area is 99.1 Å². The summed E-state index contributed by atoms with van der Waals surface area (Å²) >= 11 is 0. The fraction of sp³-hybridized carbons (Fsp3) is 1.00. The summed E-state index contributed by atoms with van der Waals surface area (Å²) in [6, 6.07) is 0.456. The van der Waals surface area contributed by atoms with Crippen LogP contribution in [0.25, 0.3) is 0 Å². The van der Waals surface area contributed by atoms with Gasteiger partial charge in [0.05, 0.1) is 12.2 Å². The largest absolute Gasteiger partial charge is 0.377 e. The molecule has 0 aromatic rings. The van der Waals surface area contributed by atoms with Gasteiger partial charge in [0.1, 0.15) is 0 Å². The zero-order valence-corrected chi connectivity index (χ0v) is 11.0. The molecule has 0 radical (unpaired) electrons. The van der Waals surface area contributed by atoms with Crippen molar-refractivity contribution in [1.82, 2.24) is 4.90 Å². The Hall–Kier alpha value is -0.160. The average molecular weight is 230 g/mol. The second kappa shape index (κ2) is 6.55. The van der Waals surface area contributed by atoms with E-state index < -0.39 is 0 Å². The smallest absolute Gasteiger partial charge is 0.0971 e. The third-order valence-electron chi connectivity index (χ3n) is 3.38. The van der Waals surface area contributed by atoms with Gasteiger partial charge in [0.2, 0.25) is 0 Å². The minimum absolute atomic E-state index is 0.186. The summed E-state index contributed by atoms with van der Waals surface area (Å²) in [4.78, 5) is 2.41. The Bertz CT molecular complexity index is 187. The fourth-order valence-electron chi connectivity index (χ4n) is 2.46. The van der Waals surface area contributed by atoms with Crippen LogP contribution in [0.2, 0.25) is 0 Å². The maximum atomic E-state index is 5.85. The van der Waals surface area contributed by atoms with E-state index in [0.29, 0.717) is 18.5 Å². The SMILES string of the molecule is COC1CN(C(CN)CC(C)C)CC1OC. The minimum atomic E-state index is 0.186. The molecule has 2 N–H and O–H groups in total. The molecular formula is C12H26N2O2. The van der Waals surface area contributed by atoms with Crippen LogP contribution in [0.3, 0.4) is 0 Å². The van der Waals surface area contributed by atoms with Gasteiger partial charge >= 0.3 is 0 Å². The molecule has 1 saturated heterocycles. The Morgan fingerprint density at radius 1 is 1.19 bits per heavy atom. The molecule has 3 atom stereocenters. The molecular weight excluding hydrogens is 204 g/mol. The van der Waals surface area contributed by atoms with E-state index >= 15 is 0 Å². The van der Waals surface area contributed by atoms with E-state index in [1.54, 1.807) is 14.2 Å². The molecule has 0 bridgehead atoms. The van der Waals surface area contributed by atoms with Crippen LogP contribution in [-0.2, 0) is 9.47 Å². The van der Waals surface area contributed by atoms with Gasteiger partial charge in [-0.1, -0.05) is 13.8 Å². The zero-order chi connectivity index (χ0) is 12.1. The molecule has 0 aromatic carbocycles. The number of hydrogen-bond acceptors (Lipinski definition) is 4. The zero-order valence-electron chi connectivity index (χ0n) is 11.0. The lowest BCUT2D eigenvalue weighted by atomic mass is 10.0. The van der Waals surface area contributed by atoms with Crippen LogP contribution in [-0.4, -0.2) is 57.0 Å². The summed E-state index contributed by atoms with van der Waals surface area (Å²) in [5, 5.41) is 0. The van der Waals surface area contributed by atoms with E-state index in [2.05, 4.69) is 18.7 Å². The molecule has 1 aliphatic heterocycles. The van der Waals surface area contributed by atoms with Crippen molar-refractivity contribution in [3.05, 3.63) is 0 Å². The number of ether oxygens (including phenoxy) is 2. The van der Waals surface area contributed by atoms with Crippen molar-refractivity contribution in [2.75, 3.05) is 33.9 Å². The van der Waals surface area contributed by atoms with Crippen LogP contribution in [0.15, 0.2) is 0 Å². The van der Waals surface area contributed by atoms with E-state index in [1.165, 1.54) is 0 Å². The first kappa shape index (κ1) is 13.9. The third-order valence-corrected chi connectivity index (χ3v) is 3.38. The number of nitrogens with zero attached hydrogens (tertiary/aromatic N) is 1. The van der Waals surface area contributed by atoms with Crippen LogP contribution < -0.4 is 5.73 Å². The van der Waals surface area contributed by atoms with Crippen molar-refractivity contribution in [2.24, 2.45) is 11.7 Å². The Balaban J connectivity index is 2.53. The molecule has 3 unspecified atom stereocenters. The second-order valence-corrected chi connectivity index (χ2v) is 5.02. The molecule has 96 valence electrons. The van der Waals surface area contributed by atoms with Crippen LogP contribution in [0.4, 0.5) is 0 Å². The normalized spacial score (nSPS) is 28.9. The molecule has 1 fully saturated rings. The van der Waals surface area contributed by atoms with Gasteiger partial charge in [-0.05, 0) is 12.3 Å². The van der Waals surface area contributed by atoms with Crippen molar-refractivity contribution in [3.8, 4) is 0 Å². The summed E-state index contributed by atoms with van der Waals surface area (Å²) in [6.45, 7) is 7.05. The molecule has 4 nitrogen and oxygen atoms in total. The molecule has 16 heavy (non-hydrogen) atoms. The van der Waals surface area contributed by atoms with E-state index in [9.17, 15) is 0 Å². The molecule has 1 heterocycles. The van der Waals surface area contributed by atoms with Gasteiger partial charge in [0.15, 0.2) is 0 Å². The lowest BCUT2D eigenvalue weighted by Crippen LogP contribution is -2.40. The van der Waals surface area contributed by atoms with Gasteiger partial charge in [0, 0.05) is 39.9 Å². The molecule has 0 aliphatic carbocycles. The Morgan fingerprint density at radius 3 is 2.00 bits per heavy atom. The van der Waals surface area contributed by atoms with E-state index in [4.69, 9.17) is 15.2 Å². The van der Waals surface area contributed by atoms with E-state index in [1.807, 2.05) is 0 Å². The topological polar surface area (TPSA) is 47.7 Å².